The first-order valence-corrected chi connectivity index (χ1v) is 8.46. The minimum atomic E-state index is -0.174. The second-order valence-electron chi connectivity index (χ2n) is 6.01. The SMILES string of the molecule is CCN(CC)C(CN[C@H]1CCCC[C@@H]1O)c1ccccc1. The van der Waals surface area contributed by atoms with E-state index in [1.54, 1.807) is 0 Å². The fourth-order valence-corrected chi connectivity index (χ4v) is 3.41. The van der Waals surface area contributed by atoms with Gasteiger partial charge in [0.1, 0.15) is 0 Å². The number of hydrogen-bond donors (Lipinski definition) is 2. The van der Waals surface area contributed by atoms with Crippen LogP contribution < -0.4 is 5.32 Å². The molecule has 0 amide bonds. The van der Waals surface area contributed by atoms with E-state index >= 15 is 0 Å². The van der Waals surface area contributed by atoms with E-state index < -0.39 is 0 Å². The Balaban J connectivity index is 2.02. The van der Waals surface area contributed by atoms with Gasteiger partial charge in [-0.15, -0.1) is 0 Å². The first kappa shape index (κ1) is 16.5. The maximum Gasteiger partial charge on any atom is 0.0693 e. The zero-order valence-electron chi connectivity index (χ0n) is 13.5. The molecular formula is C18H30N2O. The molecule has 0 spiro atoms. The summed E-state index contributed by atoms with van der Waals surface area (Å²) in [5, 5.41) is 13.8. The van der Waals surface area contributed by atoms with Crippen molar-refractivity contribution in [2.45, 2.75) is 57.7 Å². The highest BCUT2D eigenvalue weighted by molar-refractivity contribution is 5.19. The number of nitrogens with one attached hydrogen (secondary N) is 1. The van der Waals surface area contributed by atoms with Gasteiger partial charge in [-0.1, -0.05) is 57.0 Å². The zero-order chi connectivity index (χ0) is 15.1. The minimum absolute atomic E-state index is 0.174. The number of nitrogens with zero attached hydrogens (tertiary/aromatic N) is 1. The van der Waals surface area contributed by atoms with Crippen LogP contribution in [0.5, 0.6) is 0 Å². The molecule has 0 heterocycles. The van der Waals surface area contributed by atoms with Gasteiger partial charge >= 0.3 is 0 Å². The molecule has 1 aliphatic rings. The van der Waals surface area contributed by atoms with Crippen molar-refractivity contribution in [2.24, 2.45) is 0 Å². The summed E-state index contributed by atoms with van der Waals surface area (Å²) in [6, 6.07) is 11.4. The largest absolute Gasteiger partial charge is 0.392 e. The number of aliphatic hydroxyl groups excluding tert-OH is 1. The third-order valence-electron chi connectivity index (χ3n) is 4.74. The van der Waals surface area contributed by atoms with Gasteiger partial charge in [0.05, 0.1) is 6.10 Å². The van der Waals surface area contributed by atoms with Crippen molar-refractivity contribution in [1.29, 1.82) is 0 Å². The maximum atomic E-state index is 10.1. The van der Waals surface area contributed by atoms with Crippen molar-refractivity contribution in [3.05, 3.63) is 35.9 Å². The molecule has 1 aliphatic carbocycles. The van der Waals surface area contributed by atoms with E-state index in [1.165, 1.54) is 12.0 Å². The lowest BCUT2D eigenvalue weighted by molar-refractivity contribution is 0.0848. The molecule has 1 fully saturated rings. The summed E-state index contributed by atoms with van der Waals surface area (Å²) in [7, 11) is 0. The Morgan fingerprint density at radius 2 is 1.81 bits per heavy atom. The minimum Gasteiger partial charge on any atom is -0.392 e. The summed E-state index contributed by atoms with van der Waals surface area (Å²) in [5.41, 5.74) is 1.36. The zero-order valence-corrected chi connectivity index (χ0v) is 13.5. The molecule has 1 unspecified atom stereocenters. The van der Waals surface area contributed by atoms with E-state index in [4.69, 9.17) is 0 Å². The summed E-state index contributed by atoms with van der Waals surface area (Å²) in [5.74, 6) is 0. The van der Waals surface area contributed by atoms with Crippen molar-refractivity contribution in [3.63, 3.8) is 0 Å². The number of aliphatic hydroxyl groups is 1. The normalized spacial score (nSPS) is 24.2. The van der Waals surface area contributed by atoms with Crippen molar-refractivity contribution in [3.8, 4) is 0 Å². The van der Waals surface area contributed by atoms with Gasteiger partial charge in [0.15, 0.2) is 0 Å². The Bertz CT molecular complexity index is 391. The summed E-state index contributed by atoms with van der Waals surface area (Å²) >= 11 is 0. The van der Waals surface area contributed by atoms with Gasteiger partial charge < -0.3 is 10.4 Å². The highest BCUT2D eigenvalue weighted by atomic mass is 16.3. The predicted octanol–water partition coefficient (Wildman–Crippen LogP) is 2.96. The molecule has 0 radical (unpaired) electrons. The van der Waals surface area contributed by atoms with Crippen LogP contribution in [0.25, 0.3) is 0 Å². The molecule has 3 heteroatoms. The van der Waals surface area contributed by atoms with E-state index in [0.29, 0.717) is 6.04 Å². The van der Waals surface area contributed by atoms with Gasteiger partial charge in [0, 0.05) is 18.6 Å². The highest BCUT2D eigenvalue weighted by Gasteiger charge is 2.25. The first-order valence-electron chi connectivity index (χ1n) is 8.46. The van der Waals surface area contributed by atoms with Crippen LogP contribution in [-0.2, 0) is 0 Å². The fourth-order valence-electron chi connectivity index (χ4n) is 3.41. The summed E-state index contributed by atoms with van der Waals surface area (Å²) in [6.07, 6.45) is 4.26. The lowest BCUT2D eigenvalue weighted by atomic mass is 9.92. The second-order valence-corrected chi connectivity index (χ2v) is 6.01. The van der Waals surface area contributed by atoms with Crippen molar-refractivity contribution in [1.82, 2.24) is 10.2 Å². The monoisotopic (exact) mass is 290 g/mol. The van der Waals surface area contributed by atoms with Crippen LogP contribution in [0.1, 0.15) is 51.1 Å². The van der Waals surface area contributed by atoms with Crippen LogP contribution in [0.2, 0.25) is 0 Å². The quantitative estimate of drug-likeness (QED) is 0.810. The average molecular weight is 290 g/mol. The number of hydrogen-bond acceptors (Lipinski definition) is 3. The van der Waals surface area contributed by atoms with E-state index in [1.807, 2.05) is 0 Å². The molecule has 1 aromatic rings. The Labute approximate surface area is 129 Å². The lowest BCUT2D eigenvalue weighted by Crippen LogP contribution is -2.46. The topological polar surface area (TPSA) is 35.5 Å². The maximum absolute atomic E-state index is 10.1. The van der Waals surface area contributed by atoms with Crippen LogP contribution in [0.3, 0.4) is 0 Å². The van der Waals surface area contributed by atoms with Crippen LogP contribution in [0, 0.1) is 0 Å². The third-order valence-corrected chi connectivity index (χ3v) is 4.74. The van der Waals surface area contributed by atoms with E-state index in [0.717, 1.165) is 38.9 Å². The van der Waals surface area contributed by atoms with Gasteiger partial charge in [-0.25, -0.2) is 0 Å². The van der Waals surface area contributed by atoms with Crippen molar-refractivity contribution < 1.29 is 5.11 Å². The molecule has 118 valence electrons. The molecule has 0 saturated heterocycles. The molecular weight excluding hydrogens is 260 g/mol. The molecule has 21 heavy (non-hydrogen) atoms. The Hall–Kier alpha value is -0.900. The van der Waals surface area contributed by atoms with Gasteiger partial charge in [0.2, 0.25) is 0 Å². The molecule has 3 nitrogen and oxygen atoms in total. The van der Waals surface area contributed by atoms with Crippen LogP contribution >= 0.6 is 0 Å². The smallest absolute Gasteiger partial charge is 0.0693 e. The molecule has 3 atom stereocenters. The number of benzene rings is 1. The van der Waals surface area contributed by atoms with Gasteiger partial charge in [0.25, 0.3) is 0 Å². The molecule has 0 bridgehead atoms. The molecule has 1 aromatic carbocycles. The van der Waals surface area contributed by atoms with Crippen LogP contribution in [0.15, 0.2) is 30.3 Å². The highest BCUT2D eigenvalue weighted by Crippen LogP contribution is 2.22. The van der Waals surface area contributed by atoms with Crippen LogP contribution in [-0.4, -0.2) is 41.8 Å². The van der Waals surface area contributed by atoms with Gasteiger partial charge in [-0.2, -0.15) is 0 Å². The van der Waals surface area contributed by atoms with E-state index in [9.17, 15) is 5.11 Å². The van der Waals surface area contributed by atoms with Crippen molar-refractivity contribution in [2.75, 3.05) is 19.6 Å². The first-order chi connectivity index (χ1) is 10.3. The molecule has 1 saturated carbocycles. The van der Waals surface area contributed by atoms with E-state index in [-0.39, 0.29) is 12.1 Å². The second kappa shape index (κ2) is 8.52. The van der Waals surface area contributed by atoms with Crippen molar-refractivity contribution >= 4 is 0 Å². The summed E-state index contributed by atoms with van der Waals surface area (Å²) in [6.45, 7) is 7.44. The number of rotatable bonds is 7. The molecule has 2 N–H and O–H groups in total. The molecule has 2 rings (SSSR count). The predicted molar refractivity (Wildman–Crippen MR) is 88.4 cm³/mol. The Morgan fingerprint density at radius 1 is 1.14 bits per heavy atom. The summed E-state index contributed by atoms with van der Waals surface area (Å²) in [4.78, 5) is 2.48. The standard InChI is InChI=1S/C18H30N2O/c1-3-20(4-2)17(15-10-6-5-7-11-15)14-19-16-12-8-9-13-18(16)21/h5-7,10-11,16-19,21H,3-4,8-9,12-14H2,1-2H3/t16-,17?,18-/m0/s1. The Morgan fingerprint density at radius 3 is 2.43 bits per heavy atom. The third kappa shape index (κ3) is 4.53. The van der Waals surface area contributed by atoms with Gasteiger partial charge in [-0.05, 0) is 31.5 Å². The summed E-state index contributed by atoms with van der Waals surface area (Å²) < 4.78 is 0. The van der Waals surface area contributed by atoms with Crippen LogP contribution in [0.4, 0.5) is 0 Å². The van der Waals surface area contributed by atoms with Gasteiger partial charge in [-0.3, -0.25) is 4.90 Å². The molecule has 0 aliphatic heterocycles. The van der Waals surface area contributed by atoms with E-state index in [2.05, 4.69) is 54.4 Å². The number of likely N-dealkylation sites (N-methyl/N-ethyl adjacent to an activating group) is 1. The Kier molecular flexibility index (Phi) is 6.68. The fraction of sp³-hybridized carbons (Fsp3) is 0.667. The average Bonchev–Trinajstić information content (AvgIpc) is 2.54. The molecule has 0 aromatic heterocycles. The lowest BCUT2D eigenvalue weighted by Gasteiger charge is -2.34.